The highest BCUT2D eigenvalue weighted by Crippen LogP contribution is 2.51. The second kappa shape index (κ2) is 12.3. The molecule has 0 spiro atoms. The SMILES string of the molecule is CC(C)(C)c1cccc(NC(=O)N(CC2=CC=C(C(=O)NC(N)=NN=N)C3CC23)c2ccc(C3CCCCC3)cc2)c1. The molecule has 5 rings (SSSR count). The molecule has 0 radical (unpaired) electrons. The zero-order chi connectivity index (χ0) is 29.9. The van der Waals surface area contributed by atoms with Crippen molar-refractivity contribution in [2.45, 2.75) is 70.6 Å². The Morgan fingerprint density at radius 1 is 1.02 bits per heavy atom. The van der Waals surface area contributed by atoms with Crippen molar-refractivity contribution < 1.29 is 9.59 Å². The number of benzene rings is 2. The number of amides is 3. The number of urea groups is 1. The van der Waals surface area contributed by atoms with E-state index in [0.29, 0.717) is 18.0 Å². The lowest BCUT2D eigenvalue weighted by Gasteiger charge is -2.27. The molecule has 0 aromatic heterocycles. The van der Waals surface area contributed by atoms with E-state index < -0.39 is 0 Å². The molecular weight excluding hydrogens is 526 g/mol. The number of nitrogens with one attached hydrogen (secondary N) is 3. The highest BCUT2D eigenvalue weighted by Gasteiger charge is 2.46. The van der Waals surface area contributed by atoms with Crippen LogP contribution in [-0.4, -0.2) is 24.4 Å². The molecule has 2 atom stereocenters. The van der Waals surface area contributed by atoms with E-state index in [9.17, 15) is 9.59 Å². The van der Waals surface area contributed by atoms with Crippen molar-refractivity contribution in [3.05, 3.63) is 83.0 Å². The van der Waals surface area contributed by atoms with Gasteiger partial charge in [-0.1, -0.05) is 81.6 Å². The van der Waals surface area contributed by atoms with E-state index >= 15 is 0 Å². The average molecular weight is 568 g/mol. The van der Waals surface area contributed by atoms with Gasteiger partial charge in [0.2, 0.25) is 5.96 Å². The number of guanidine groups is 1. The fourth-order valence-corrected chi connectivity index (χ4v) is 6.15. The first-order valence-corrected chi connectivity index (χ1v) is 14.8. The number of nitrogens with two attached hydrogens (primary N) is 1. The number of nitrogens with zero attached hydrogens (tertiary/aromatic N) is 3. The Kier molecular flexibility index (Phi) is 8.56. The summed E-state index contributed by atoms with van der Waals surface area (Å²) >= 11 is 0. The molecule has 3 aliphatic rings. The molecule has 0 heterocycles. The molecule has 0 saturated heterocycles. The van der Waals surface area contributed by atoms with Crippen LogP contribution in [-0.2, 0) is 10.2 Å². The van der Waals surface area contributed by atoms with Gasteiger partial charge in [-0.3, -0.25) is 15.0 Å². The summed E-state index contributed by atoms with van der Waals surface area (Å²) in [5, 5.41) is 11.8. The van der Waals surface area contributed by atoms with Crippen LogP contribution in [0, 0.1) is 17.4 Å². The maximum Gasteiger partial charge on any atom is 0.326 e. The third-order valence-corrected chi connectivity index (χ3v) is 8.65. The van der Waals surface area contributed by atoms with E-state index in [2.05, 4.69) is 72.1 Å². The molecule has 0 bridgehead atoms. The predicted molar refractivity (Wildman–Crippen MR) is 166 cm³/mol. The van der Waals surface area contributed by atoms with Crippen LogP contribution in [0.25, 0.3) is 0 Å². The van der Waals surface area contributed by atoms with Crippen LogP contribution in [0.5, 0.6) is 0 Å². The molecule has 2 unspecified atom stereocenters. The van der Waals surface area contributed by atoms with Crippen molar-refractivity contribution in [3.63, 3.8) is 0 Å². The number of anilines is 2. The Morgan fingerprint density at radius 3 is 2.45 bits per heavy atom. The lowest BCUT2D eigenvalue weighted by molar-refractivity contribution is -0.116. The molecular formula is C33H41N7O2. The number of hydrogen-bond donors (Lipinski definition) is 4. The van der Waals surface area contributed by atoms with Gasteiger partial charge in [-0.2, -0.15) is 5.53 Å². The van der Waals surface area contributed by atoms with E-state index in [1.807, 2.05) is 24.3 Å². The largest absolute Gasteiger partial charge is 0.368 e. The van der Waals surface area contributed by atoms with Crippen molar-refractivity contribution in [1.82, 2.24) is 5.32 Å². The van der Waals surface area contributed by atoms with Gasteiger partial charge in [0.25, 0.3) is 5.91 Å². The van der Waals surface area contributed by atoms with Gasteiger partial charge in [0, 0.05) is 23.5 Å². The average Bonchev–Trinajstić information content (AvgIpc) is 3.78. The molecule has 9 heteroatoms. The van der Waals surface area contributed by atoms with Crippen LogP contribution in [0.15, 0.2) is 82.2 Å². The molecule has 2 aromatic carbocycles. The summed E-state index contributed by atoms with van der Waals surface area (Å²) in [6.45, 7) is 6.89. The van der Waals surface area contributed by atoms with Crippen LogP contribution >= 0.6 is 0 Å². The van der Waals surface area contributed by atoms with Crippen molar-refractivity contribution in [2.24, 2.45) is 27.9 Å². The summed E-state index contributed by atoms with van der Waals surface area (Å²) in [7, 11) is 0. The van der Waals surface area contributed by atoms with Gasteiger partial charge in [-0.25, -0.2) is 4.79 Å². The maximum atomic E-state index is 13.9. The number of hydrogen-bond acceptors (Lipinski definition) is 4. The summed E-state index contributed by atoms with van der Waals surface area (Å²) in [5.74, 6) is 0.280. The third-order valence-electron chi connectivity index (χ3n) is 8.65. The molecule has 2 saturated carbocycles. The summed E-state index contributed by atoms with van der Waals surface area (Å²) in [6.07, 6.45) is 10.9. The molecule has 42 heavy (non-hydrogen) atoms. The molecule has 3 amide bonds. The Hall–Kier alpha value is -4.27. The minimum atomic E-state index is -0.339. The van der Waals surface area contributed by atoms with Crippen LogP contribution < -0.4 is 21.3 Å². The molecule has 5 N–H and O–H groups in total. The van der Waals surface area contributed by atoms with E-state index in [1.54, 1.807) is 11.0 Å². The predicted octanol–water partition coefficient (Wildman–Crippen LogP) is 6.95. The van der Waals surface area contributed by atoms with Crippen LogP contribution in [0.1, 0.15) is 76.3 Å². The quantitative estimate of drug-likeness (QED) is 0.125. The molecule has 3 aliphatic carbocycles. The van der Waals surface area contributed by atoms with Gasteiger partial charge in [0.05, 0.1) is 0 Å². The Bertz CT molecular complexity index is 1430. The number of carbonyl (C=O) groups excluding carboxylic acids is 2. The highest BCUT2D eigenvalue weighted by atomic mass is 16.2. The summed E-state index contributed by atoms with van der Waals surface area (Å²) in [6, 6.07) is 16.3. The summed E-state index contributed by atoms with van der Waals surface area (Å²) in [4.78, 5) is 28.4. The first-order chi connectivity index (χ1) is 20.1. The fourth-order valence-electron chi connectivity index (χ4n) is 6.15. The normalized spacial score (nSPS) is 20.5. The maximum absolute atomic E-state index is 13.9. The number of rotatable bonds is 7. The van der Waals surface area contributed by atoms with Gasteiger partial charge in [-0.05, 0) is 88.6 Å². The third kappa shape index (κ3) is 6.78. The minimum Gasteiger partial charge on any atom is -0.368 e. The molecule has 2 aromatic rings. The molecule has 2 fully saturated rings. The van der Waals surface area contributed by atoms with Crippen molar-refractivity contribution in [2.75, 3.05) is 16.8 Å². The number of allylic oxidation sites excluding steroid dienone is 2. The number of fused-ring (bicyclic) bond motifs is 1. The number of carbonyl (C=O) groups is 2. The first kappa shape index (κ1) is 29.2. The van der Waals surface area contributed by atoms with Gasteiger partial charge < -0.3 is 11.1 Å². The van der Waals surface area contributed by atoms with Crippen LogP contribution in [0.2, 0.25) is 0 Å². The van der Waals surface area contributed by atoms with Crippen molar-refractivity contribution in [3.8, 4) is 0 Å². The van der Waals surface area contributed by atoms with E-state index in [-0.39, 0.29) is 35.1 Å². The standard InChI is InChI=1S/C33H41N7O2/c1-33(2,3)24-10-7-11-25(18-24)36-32(42)40(26-15-12-22(13-16-26)21-8-5-4-6-9-21)20-23-14-17-27(29-19-28(23)29)30(41)37-31(34)38-39-35/h7,10-18,21,28-29H,4-6,8-9,19-20H2,1-3H3,(H,36,42)(H4,34,35,37,38,41). The second-order valence-electron chi connectivity index (χ2n) is 12.6. The highest BCUT2D eigenvalue weighted by molar-refractivity contribution is 6.06. The molecule has 9 nitrogen and oxygen atoms in total. The van der Waals surface area contributed by atoms with Crippen LogP contribution in [0.3, 0.4) is 0 Å². The molecule has 220 valence electrons. The lowest BCUT2D eigenvalue weighted by Crippen LogP contribution is -2.39. The van der Waals surface area contributed by atoms with E-state index in [1.165, 1.54) is 37.7 Å². The van der Waals surface area contributed by atoms with E-state index in [0.717, 1.165) is 28.9 Å². The fraction of sp³-hybridized carbons (Fsp3) is 0.424. The van der Waals surface area contributed by atoms with Crippen molar-refractivity contribution in [1.29, 1.82) is 5.53 Å². The summed E-state index contributed by atoms with van der Waals surface area (Å²) in [5.41, 5.74) is 18.2. The monoisotopic (exact) mass is 567 g/mol. The minimum absolute atomic E-state index is 0.0356. The first-order valence-electron chi connectivity index (χ1n) is 14.8. The second-order valence-corrected chi connectivity index (χ2v) is 12.6. The van der Waals surface area contributed by atoms with E-state index in [4.69, 9.17) is 11.3 Å². The van der Waals surface area contributed by atoms with Gasteiger partial charge >= 0.3 is 6.03 Å². The van der Waals surface area contributed by atoms with Gasteiger partial charge in [-0.15, -0.1) is 0 Å². The smallest absolute Gasteiger partial charge is 0.326 e. The zero-order valence-corrected chi connectivity index (χ0v) is 24.7. The topological polar surface area (TPSA) is 136 Å². The zero-order valence-electron chi connectivity index (χ0n) is 24.7. The summed E-state index contributed by atoms with van der Waals surface area (Å²) < 4.78 is 0. The molecule has 0 aliphatic heterocycles. The van der Waals surface area contributed by atoms with Gasteiger partial charge in [0.15, 0.2) is 0 Å². The van der Waals surface area contributed by atoms with Crippen molar-refractivity contribution >= 4 is 29.3 Å². The Morgan fingerprint density at radius 2 is 1.76 bits per heavy atom. The lowest BCUT2D eigenvalue weighted by atomic mass is 9.84. The Labute approximate surface area is 247 Å². The van der Waals surface area contributed by atoms with Crippen LogP contribution in [0.4, 0.5) is 16.2 Å². The Balaban J connectivity index is 1.39. The van der Waals surface area contributed by atoms with Gasteiger partial charge in [0.1, 0.15) is 0 Å².